The molecule has 6 nitrogen and oxygen atoms in total. The van der Waals surface area contributed by atoms with E-state index in [4.69, 9.17) is 28.6 Å². The molecule has 8 heteroatoms. The predicted octanol–water partition coefficient (Wildman–Crippen LogP) is 3.64. The molecule has 2 rings (SSSR count). The van der Waals surface area contributed by atoms with Gasteiger partial charge in [0, 0.05) is 17.0 Å². The summed E-state index contributed by atoms with van der Waals surface area (Å²) in [6, 6.07) is 14.1. The van der Waals surface area contributed by atoms with Crippen LogP contribution in [-0.4, -0.2) is 23.5 Å². The normalized spacial score (nSPS) is 10.3. The maximum Gasteiger partial charge on any atom is 0.269 e. The number of aryl methyl sites for hydroxylation is 1. The maximum absolute atomic E-state index is 12.2. The number of hydrazine groups is 1. The van der Waals surface area contributed by atoms with Gasteiger partial charge in [-0.15, -0.1) is 0 Å². The maximum atomic E-state index is 12.2. The molecule has 0 radical (unpaired) electrons. The van der Waals surface area contributed by atoms with Gasteiger partial charge in [0.1, 0.15) is 5.75 Å². The summed E-state index contributed by atoms with van der Waals surface area (Å²) in [6.07, 6.45) is 0.711. The molecule has 0 aromatic heterocycles. The molecular formula is C21H24ClN3O3S. The highest BCUT2D eigenvalue weighted by Gasteiger charge is 2.09. The molecule has 2 amide bonds. The van der Waals surface area contributed by atoms with Gasteiger partial charge in [-0.05, 0) is 60.5 Å². The van der Waals surface area contributed by atoms with Gasteiger partial charge in [0.15, 0.2) is 5.11 Å². The Morgan fingerprint density at radius 1 is 1.07 bits per heavy atom. The van der Waals surface area contributed by atoms with Crippen molar-refractivity contribution in [1.82, 2.24) is 16.2 Å². The van der Waals surface area contributed by atoms with Crippen LogP contribution in [0.2, 0.25) is 5.02 Å². The highest BCUT2D eigenvalue weighted by Crippen LogP contribution is 2.16. The van der Waals surface area contributed by atoms with Crippen molar-refractivity contribution < 1.29 is 14.3 Å². The van der Waals surface area contributed by atoms with Gasteiger partial charge in [0.05, 0.1) is 6.61 Å². The van der Waals surface area contributed by atoms with E-state index in [9.17, 15) is 9.59 Å². The largest absolute Gasteiger partial charge is 0.493 e. The molecule has 0 spiro atoms. The molecule has 3 N–H and O–H groups in total. The van der Waals surface area contributed by atoms with E-state index < -0.39 is 0 Å². The topological polar surface area (TPSA) is 79.5 Å². The molecule has 0 heterocycles. The van der Waals surface area contributed by atoms with E-state index in [0.29, 0.717) is 35.3 Å². The van der Waals surface area contributed by atoms with Crippen molar-refractivity contribution in [3.05, 3.63) is 64.7 Å². The second-order valence-electron chi connectivity index (χ2n) is 6.78. The lowest BCUT2D eigenvalue weighted by molar-refractivity contribution is -0.119. The zero-order valence-corrected chi connectivity index (χ0v) is 17.9. The van der Waals surface area contributed by atoms with Gasteiger partial charge in [0.25, 0.3) is 5.91 Å². The lowest BCUT2D eigenvalue weighted by Gasteiger charge is -2.12. The number of carbonyl (C=O) groups excluding carboxylic acids is 2. The zero-order chi connectivity index (χ0) is 21.2. The molecule has 154 valence electrons. The summed E-state index contributed by atoms with van der Waals surface area (Å²) in [5, 5.41) is 3.15. The Bertz CT molecular complexity index is 857. The van der Waals surface area contributed by atoms with Gasteiger partial charge >= 0.3 is 0 Å². The first kappa shape index (κ1) is 22.6. The third-order valence-corrected chi connectivity index (χ3v) is 4.39. The van der Waals surface area contributed by atoms with Crippen molar-refractivity contribution in [2.75, 3.05) is 6.61 Å². The number of hydrogen-bond donors (Lipinski definition) is 3. The number of carbonyl (C=O) groups is 2. The number of ether oxygens (including phenoxy) is 1. The molecule has 29 heavy (non-hydrogen) atoms. The van der Waals surface area contributed by atoms with Crippen LogP contribution in [0.15, 0.2) is 48.5 Å². The lowest BCUT2D eigenvalue weighted by Crippen LogP contribution is -2.48. The second-order valence-corrected chi connectivity index (χ2v) is 7.59. The molecule has 2 aromatic carbocycles. The summed E-state index contributed by atoms with van der Waals surface area (Å²) in [6.45, 7) is 4.73. The van der Waals surface area contributed by atoms with Gasteiger partial charge in [-0.25, -0.2) is 0 Å². The molecule has 0 saturated carbocycles. The fraction of sp³-hybridized carbons (Fsp3) is 0.286. The van der Waals surface area contributed by atoms with Gasteiger partial charge in [0.2, 0.25) is 5.91 Å². The van der Waals surface area contributed by atoms with Crippen molar-refractivity contribution in [1.29, 1.82) is 0 Å². The minimum absolute atomic E-state index is 0.0133. The molecular weight excluding hydrogens is 410 g/mol. The molecule has 0 bridgehead atoms. The van der Waals surface area contributed by atoms with Crippen LogP contribution in [0.3, 0.4) is 0 Å². The van der Waals surface area contributed by atoms with Crippen LogP contribution < -0.4 is 20.9 Å². The Morgan fingerprint density at radius 2 is 1.76 bits per heavy atom. The molecule has 0 aliphatic rings. The van der Waals surface area contributed by atoms with Crippen molar-refractivity contribution in [2.45, 2.75) is 26.7 Å². The lowest BCUT2D eigenvalue weighted by atomic mass is 10.1. The Labute approximate surface area is 180 Å². The van der Waals surface area contributed by atoms with Crippen LogP contribution in [0.25, 0.3) is 0 Å². The van der Waals surface area contributed by atoms with Crippen LogP contribution in [0, 0.1) is 5.92 Å². The van der Waals surface area contributed by atoms with Crippen molar-refractivity contribution >= 4 is 40.7 Å². The zero-order valence-electron chi connectivity index (χ0n) is 16.3. The number of amides is 2. The fourth-order valence-electron chi connectivity index (χ4n) is 2.32. The molecule has 0 fully saturated rings. The van der Waals surface area contributed by atoms with Gasteiger partial charge < -0.3 is 10.1 Å². The number of thiocarbonyl (C=S) groups is 1. The number of halogens is 1. The van der Waals surface area contributed by atoms with Gasteiger partial charge in [-0.2, -0.15) is 0 Å². The Kier molecular flexibility index (Phi) is 8.89. The number of nitrogens with one attached hydrogen (secondary N) is 3. The van der Waals surface area contributed by atoms with Gasteiger partial charge in [-0.1, -0.05) is 43.6 Å². The fourth-order valence-corrected chi connectivity index (χ4v) is 2.72. The standard InChI is InChI=1S/C21H24ClN3O3S/c1-14(2)13-28-17-10-7-16(8-11-17)20(27)24-25-21(29)23-19(26)12-9-15-5-3-4-6-18(15)22/h3-8,10-11,14H,9,12-13H2,1-2H3,(H,24,27)(H2,23,25,26,29). The SMILES string of the molecule is CC(C)COc1ccc(C(=O)NNC(=S)NC(=O)CCc2ccccc2Cl)cc1. The Balaban J connectivity index is 1.73. The van der Waals surface area contributed by atoms with Crippen LogP contribution >= 0.6 is 23.8 Å². The number of rotatable bonds is 7. The van der Waals surface area contributed by atoms with E-state index in [1.54, 1.807) is 30.3 Å². The van der Waals surface area contributed by atoms with Crippen LogP contribution in [-0.2, 0) is 11.2 Å². The number of benzene rings is 2. The van der Waals surface area contributed by atoms with E-state index >= 15 is 0 Å². The molecule has 2 aromatic rings. The van der Waals surface area contributed by atoms with Crippen LogP contribution in [0.1, 0.15) is 36.2 Å². The molecule has 0 atom stereocenters. The Hall–Kier alpha value is -2.64. The molecule has 0 aliphatic carbocycles. The highest BCUT2D eigenvalue weighted by atomic mass is 35.5. The highest BCUT2D eigenvalue weighted by molar-refractivity contribution is 7.80. The summed E-state index contributed by atoms with van der Waals surface area (Å²) in [7, 11) is 0. The summed E-state index contributed by atoms with van der Waals surface area (Å²) < 4.78 is 5.58. The summed E-state index contributed by atoms with van der Waals surface area (Å²) >= 11 is 11.1. The molecule has 0 unspecified atom stereocenters. The second kappa shape index (κ2) is 11.4. The average Bonchev–Trinajstić information content (AvgIpc) is 2.70. The van der Waals surface area contributed by atoms with E-state index in [1.165, 1.54) is 0 Å². The van der Waals surface area contributed by atoms with Gasteiger partial charge in [-0.3, -0.25) is 20.4 Å². The van der Waals surface area contributed by atoms with Crippen molar-refractivity contribution in [2.24, 2.45) is 5.92 Å². The monoisotopic (exact) mass is 433 g/mol. The first-order chi connectivity index (χ1) is 13.8. The minimum atomic E-state index is -0.381. The first-order valence-corrected chi connectivity index (χ1v) is 10.00. The number of hydrogen-bond acceptors (Lipinski definition) is 4. The summed E-state index contributed by atoms with van der Waals surface area (Å²) in [5.74, 6) is 0.462. The third-order valence-electron chi connectivity index (χ3n) is 3.82. The third kappa shape index (κ3) is 8.09. The first-order valence-electron chi connectivity index (χ1n) is 9.21. The summed E-state index contributed by atoms with van der Waals surface area (Å²) in [4.78, 5) is 24.2. The van der Waals surface area contributed by atoms with Crippen molar-refractivity contribution in [3.63, 3.8) is 0 Å². The predicted molar refractivity (Wildman–Crippen MR) is 118 cm³/mol. The van der Waals surface area contributed by atoms with E-state index in [1.807, 2.05) is 18.2 Å². The Morgan fingerprint density at radius 3 is 2.41 bits per heavy atom. The minimum Gasteiger partial charge on any atom is -0.493 e. The van der Waals surface area contributed by atoms with Crippen LogP contribution in [0.5, 0.6) is 5.75 Å². The molecule has 0 aliphatic heterocycles. The van der Waals surface area contributed by atoms with E-state index in [0.717, 1.165) is 5.56 Å². The quantitative estimate of drug-likeness (QED) is 0.459. The van der Waals surface area contributed by atoms with E-state index in [-0.39, 0.29) is 23.3 Å². The van der Waals surface area contributed by atoms with Crippen LogP contribution in [0.4, 0.5) is 0 Å². The molecule has 0 saturated heterocycles. The average molecular weight is 434 g/mol. The smallest absolute Gasteiger partial charge is 0.269 e. The van der Waals surface area contributed by atoms with E-state index in [2.05, 4.69) is 30.0 Å². The summed E-state index contributed by atoms with van der Waals surface area (Å²) in [5.41, 5.74) is 6.29. The van der Waals surface area contributed by atoms with Crippen molar-refractivity contribution in [3.8, 4) is 5.75 Å².